The first-order valence-electron chi connectivity index (χ1n) is 5.37. The smallest absolute Gasteiger partial charge is 0.223 e. The first-order valence-corrected chi connectivity index (χ1v) is 5.37. The Kier molecular flexibility index (Phi) is 2.99. The Morgan fingerprint density at radius 3 is 2.65 bits per heavy atom. The second-order valence-corrected chi connectivity index (χ2v) is 3.75. The van der Waals surface area contributed by atoms with Crippen LogP contribution in [0.25, 0.3) is 11.4 Å². The second-order valence-electron chi connectivity index (χ2n) is 3.75. The van der Waals surface area contributed by atoms with Crippen molar-refractivity contribution in [3.05, 3.63) is 35.4 Å². The summed E-state index contributed by atoms with van der Waals surface area (Å²) < 4.78 is 13.2. The summed E-state index contributed by atoms with van der Waals surface area (Å²) in [7, 11) is 0. The Bertz CT molecular complexity index is 554. The van der Waals surface area contributed by atoms with E-state index < -0.39 is 0 Å². The largest absolute Gasteiger partial charge is 0.368 e. The fraction of sp³-hybridized carbons (Fsp3) is 0.250. The Balaban J connectivity index is 2.52. The van der Waals surface area contributed by atoms with Gasteiger partial charge in [0.2, 0.25) is 5.95 Å². The number of rotatable bonds is 2. The molecule has 0 atom stereocenters. The lowest BCUT2D eigenvalue weighted by atomic mass is 10.1. The summed E-state index contributed by atoms with van der Waals surface area (Å²) in [6.45, 7) is 3.64. The van der Waals surface area contributed by atoms with Gasteiger partial charge in [0.05, 0.1) is 0 Å². The van der Waals surface area contributed by atoms with Crippen LogP contribution < -0.4 is 5.73 Å². The van der Waals surface area contributed by atoms with Gasteiger partial charge in [0.1, 0.15) is 11.6 Å². The zero-order chi connectivity index (χ0) is 12.4. The van der Waals surface area contributed by atoms with E-state index in [0.717, 1.165) is 5.56 Å². The van der Waals surface area contributed by atoms with Gasteiger partial charge in [-0.05, 0) is 30.7 Å². The molecule has 0 unspecified atom stereocenters. The fourth-order valence-corrected chi connectivity index (χ4v) is 1.51. The molecule has 2 aromatic rings. The summed E-state index contributed by atoms with van der Waals surface area (Å²) in [6.07, 6.45) is 0.680. The SMILES string of the molecule is CCc1nc(N)nc(-c2ccc(F)c(C)c2)n1. The lowest BCUT2D eigenvalue weighted by Gasteiger charge is -2.04. The number of hydrogen-bond acceptors (Lipinski definition) is 4. The van der Waals surface area contributed by atoms with Crippen LogP contribution in [0.1, 0.15) is 18.3 Å². The van der Waals surface area contributed by atoms with Gasteiger partial charge in [-0.15, -0.1) is 0 Å². The van der Waals surface area contributed by atoms with Crippen molar-refractivity contribution in [3.8, 4) is 11.4 Å². The van der Waals surface area contributed by atoms with Crippen LogP contribution in [0.15, 0.2) is 18.2 Å². The summed E-state index contributed by atoms with van der Waals surface area (Å²) in [6, 6.07) is 4.73. The van der Waals surface area contributed by atoms with Gasteiger partial charge >= 0.3 is 0 Å². The third-order valence-corrected chi connectivity index (χ3v) is 2.43. The average molecular weight is 232 g/mol. The number of nitrogen functional groups attached to an aromatic ring is 1. The van der Waals surface area contributed by atoms with Crippen LogP contribution in [-0.2, 0) is 6.42 Å². The summed E-state index contributed by atoms with van der Waals surface area (Å²) >= 11 is 0. The minimum Gasteiger partial charge on any atom is -0.368 e. The van der Waals surface area contributed by atoms with E-state index >= 15 is 0 Å². The predicted octanol–water partition coefficient (Wildman–Crippen LogP) is 2.13. The number of anilines is 1. The summed E-state index contributed by atoms with van der Waals surface area (Å²) in [5, 5.41) is 0. The van der Waals surface area contributed by atoms with Crippen LogP contribution in [0.4, 0.5) is 10.3 Å². The number of halogens is 1. The zero-order valence-corrected chi connectivity index (χ0v) is 9.74. The fourth-order valence-electron chi connectivity index (χ4n) is 1.51. The highest BCUT2D eigenvalue weighted by Crippen LogP contribution is 2.19. The average Bonchev–Trinajstić information content (AvgIpc) is 2.32. The van der Waals surface area contributed by atoms with E-state index in [2.05, 4.69) is 15.0 Å². The minimum absolute atomic E-state index is 0.189. The number of benzene rings is 1. The molecule has 4 nitrogen and oxygen atoms in total. The molecular weight excluding hydrogens is 219 g/mol. The van der Waals surface area contributed by atoms with E-state index in [0.29, 0.717) is 23.6 Å². The van der Waals surface area contributed by atoms with E-state index in [1.807, 2.05) is 6.92 Å². The quantitative estimate of drug-likeness (QED) is 0.861. The molecule has 1 aromatic carbocycles. The topological polar surface area (TPSA) is 64.7 Å². The molecule has 0 spiro atoms. The molecule has 2 N–H and O–H groups in total. The van der Waals surface area contributed by atoms with Crippen molar-refractivity contribution in [3.63, 3.8) is 0 Å². The molecule has 5 heteroatoms. The van der Waals surface area contributed by atoms with Gasteiger partial charge in [0, 0.05) is 12.0 Å². The first-order chi connectivity index (χ1) is 8.10. The van der Waals surface area contributed by atoms with Gasteiger partial charge in [0.25, 0.3) is 0 Å². The van der Waals surface area contributed by atoms with Crippen LogP contribution >= 0.6 is 0 Å². The highest BCUT2D eigenvalue weighted by molar-refractivity contribution is 5.57. The molecule has 0 aliphatic heterocycles. The van der Waals surface area contributed by atoms with Crippen LogP contribution in [-0.4, -0.2) is 15.0 Å². The van der Waals surface area contributed by atoms with E-state index in [1.54, 1.807) is 19.1 Å². The van der Waals surface area contributed by atoms with E-state index in [9.17, 15) is 4.39 Å². The molecule has 88 valence electrons. The lowest BCUT2D eigenvalue weighted by Crippen LogP contribution is -2.04. The zero-order valence-electron chi connectivity index (χ0n) is 9.74. The molecule has 2 rings (SSSR count). The van der Waals surface area contributed by atoms with Crippen molar-refractivity contribution in [1.82, 2.24) is 15.0 Å². The molecule has 0 saturated heterocycles. The third kappa shape index (κ3) is 2.38. The van der Waals surface area contributed by atoms with Crippen LogP contribution in [0.5, 0.6) is 0 Å². The molecular formula is C12H13FN4. The van der Waals surface area contributed by atoms with Crippen molar-refractivity contribution in [2.24, 2.45) is 0 Å². The predicted molar refractivity (Wildman–Crippen MR) is 63.7 cm³/mol. The number of aromatic nitrogens is 3. The summed E-state index contributed by atoms with van der Waals surface area (Å²) in [5.74, 6) is 1.06. The van der Waals surface area contributed by atoms with Crippen LogP contribution in [0.3, 0.4) is 0 Å². The highest BCUT2D eigenvalue weighted by Gasteiger charge is 2.07. The van der Waals surface area contributed by atoms with Crippen molar-refractivity contribution in [2.75, 3.05) is 5.73 Å². The lowest BCUT2D eigenvalue weighted by molar-refractivity contribution is 0.618. The maximum Gasteiger partial charge on any atom is 0.223 e. The van der Waals surface area contributed by atoms with E-state index in [1.165, 1.54) is 6.07 Å². The van der Waals surface area contributed by atoms with Crippen molar-refractivity contribution in [1.29, 1.82) is 0 Å². The Morgan fingerprint density at radius 1 is 1.24 bits per heavy atom. The molecule has 0 fully saturated rings. The number of aryl methyl sites for hydroxylation is 2. The minimum atomic E-state index is -0.244. The van der Waals surface area contributed by atoms with Gasteiger partial charge < -0.3 is 5.73 Å². The Hall–Kier alpha value is -2.04. The maximum atomic E-state index is 13.2. The van der Waals surface area contributed by atoms with Crippen molar-refractivity contribution >= 4 is 5.95 Å². The Morgan fingerprint density at radius 2 is 2.00 bits per heavy atom. The third-order valence-electron chi connectivity index (χ3n) is 2.43. The number of hydrogen-bond donors (Lipinski definition) is 1. The van der Waals surface area contributed by atoms with Crippen LogP contribution in [0.2, 0.25) is 0 Å². The molecule has 0 saturated carbocycles. The van der Waals surface area contributed by atoms with Crippen molar-refractivity contribution < 1.29 is 4.39 Å². The van der Waals surface area contributed by atoms with Gasteiger partial charge in [0.15, 0.2) is 5.82 Å². The second kappa shape index (κ2) is 4.45. The van der Waals surface area contributed by atoms with Gasteiger partial charge in [-0.2, -0.15) is 9.97 Å². The molecule has 1 heterocycles. The van der Waals surface area contributed by atoms with E-state index in [4.69, 9.17) is 5.73 Å². The molecule has 0 aliphatic carbocycles. The number of nitrogens with two attached hydrogens (primary N) is 1. The molecule has 1 aromatic heterocycles. The Labute approximate surface area is 98.7 Å². The van der Waals surface area contributed by atoms with E-state index in [-0.39, 0.29) is 11.8 Å². The molecule has 0 radical (unpaired) electrons. The highest BCUT2D eigenvalue weighted by atomic mass is 19.1. The van der Waals surface area contributed by atoms with Gasteiger partial charge in [-0.25, -0.2) is 9.37 Å². The van der Waals surface area contributed by atoms with Crippen LogP contribution in [0, 0.1) is 12.7 Å². The molecule has 0 aliphatic rings. The normalized spacial score (nSPS) is 10.5. The molecule has 17 heavy (non-hydrogen) atoms. The summed E-state index contributed by atoms with van der Waals surface area (Å²) in [4.78, 5) is 12.3. The molecule has 0 bridgehead atoms. The molecule has 0 amide bonds. The monoisotopic (exact) mass is 232 g/mol. The van der Waals surface area contributed by atoms with Gasteiger partial charge in [-0.1, -0.05) is 6.92 Å². The van der Waals surface area contributed by atoms with Gasteiger partial charge in [-0.3, -0.25) is 0 Å². The number of nitrogens with zero attached hydrogens (tertiary/aromatic N) is 3. The standard InChI is InChI=1S/C12H13FN4/c1-3-10-15-11(17-12(14)16-10)8-4-5-9(13)7(2)6-8/h4-6H,3H2,1-2H3,(H2,14,15,16,17). The maximum absolute atomic E-state index is 13.2. The van der Waals surface area contributed by atoms with Crippen molar-refractivity contribution in [2.45, 2.75) is 20.3 Å². The summed E-state index contributed by atoms with van der Waals surface area (Å²) in [5.41, 5.74) is 6.90. The first kappa shape index (κ1) is 11.4.